The number of aliphatic hydroxyl groups excluding tert-OH is 1. The third kappa shape index (κ3) is 2.00. The monoisotopic (exact) mass is 184 g/mol. The molecule has 0 aromatic carbocycles. The van der Waals surface area contributed by atoms with Gasteiger partial charge < -0.3 is 15.7 Å². The fourth-order valence-electron chi connectivity index (χ4n) is 1.73. The van der Waals surface area contributed by atoms with Crippen molar-refractivity contribution in [2.75, 3.05) is 19.6 Å². The van der Waals surface area contributed by atoms with E-state index < -0.39 is 0 Å². The summed E-state index contributed by atoms with van der Waals surface area (Å²) in [7, 11) is 0. The molecule has 1 saturated heterocycles. The van der Waals surface area contributed by atoms with Crippen LogP contribution in [0, 0.1) is 11.8 Å². The largest absolute Gasteiger partial charge is 0.393 e. The molecule has 1 amide bonds. The highest BCUT2D eigenvalue weighted by atomic mass is 16.3. The van der Waals surface area contributed by atoms with Crippen molar-refractivity contribution in [3.8, 4) is 0 Å². The zero-order valence-electron chi connectivity index (χ0n) is 7.62. The van der Waals surface area contributed by atoms with Crippen molar-refractivity contribution >= 4 is 5.91 Å². The van der Waals surface area contributed by atoms with E-state index in [1.54, 1.807) is 0 Å². The zero-order valence-corrected chi connectivity index (χ0v) is 7.62. The van der Waals surface area contributed by atoms with Gasteiger partial charge in [0.15, 0.2) is 0 Å². The molecule has 1 heterocycles. The summed E-state index contributed by atoms with van der Waals surface area (Å²) < 4.78 is 0. The smallest absolute Gasteiger partial charge is 0.225 e. The Morgan fingerprint density at radius 2 is 2.15 bits per heavy atom. The molecular weight excluding hydrogens is 168 g/mol. The lowest BCUT2D eigenvalue weighted by Crippen LogP contribution is -2.52. The molecule has 0 unspecified atom stereocenters. The number of hydrogen-bond donors (Lipinski definition) is 3. The van der Waals surface area contributed by atoms with Crippen LogP contribution in [0.3, 0.4) is 0 Å². The van der Waals surface area contributed by atoms with Gasteiger partial charge in [-0.05, 0) is 18.8 Å². The molecule has 1 saturated carbocycles. The number of hydrogen-bond acceptors (Lipinski definition) is 3. The molecule has 13 heavy (non-hydrogen) atoms. The highest BCUT2D eigenvalue weighted by Gasteiger charge is 2.29. The molecule has 0 atom stereocenters. The second-order valence-electron chi connectivity index (χ2n) is 4.09. The van der Waals surface area contributed by atoms with Crippen molar-refractivity contribution in [1.29, 1.82) is 0 Å². The van der Waals surface area contributed by atoms with Gasteiger partial charge in [0.25, 0.3) is 0 Å². The average molecular weight is 184 g/mol. The summed E-state index contributed by atoms with van der Waals surface area (Å²) in [6.45, 7) is 2.38. The van der Waals surface area contributed by atoms with Gasteiger partial charge in [0, 0.05) is 19.6 Å². The van der Waals surface area contributed by atoms with Crippen LogP contribution in [0.15, 0.2) is 0 Å². The van der Waals surface area contributed by atoms with Crippen LogP contribution in [-0.2, 0) is 4.79 Å². The summed E-state index contributed by atoms with van der Waals surface area (Å²) in [5.41, 5.74) is 0. The van der Waals surface area contributed by atoms with Crippen molar-refractivity contribution in [3.63, 3.8) is 0 Å². The first-order valence-corrected chi connectivity index (χ1v) is 4.92. The quantitative estimate of drug-likeness (QED) is 0.532. The van der Waals surface area contributed by atoms with Crippen LogP contribution in [0.2, 0.25) is 0 Å². The molecule has 0 spiro atoms. The third-order valence-electron chi connectivity index (χ3n) is 2.93. The normalized spacial score (nSPS) is 33.3. The molecular formula is C9H16N2O2. The summed E-state index contributed by atoms with van der Waals surface area (Å²) in [6.07, 6.45) is 1.58. The minimum atomic E-state index is -0.118. The van der Waals surface area contributed by atoms with E-state index in [-0.39, 0.29) is 17.9 Å². The first-order valence-electron chi connectivity index (χ1n) is 4.92. The van der Waals surface area contributed by atoms with Crippen molar-refractivity contribution in [2.24, 2.45) is 11.8 Å². The zero-order chi connectivity index (χ0) is 9.26. The standard InChI is InChI=1S/C9H16N2O2/c12-8-1-6(2-8)3-11-9(13)7-4-10-5-7/h6-8,10,12H,1-5H2,(H,11,13). The van der Waals surface area contributed by atoms with Crippen LogP contribution in [0.5, 0.6) is 0 Å². The maximum absolute atomic E-state index is 11.3. The maximum Gasteiger partial charge on any atom is 0.225 e. The topological polar surface area (TPSA) is 61.4 Å². The Bertz CT molecular complexity index is 198. The first-order chi connectivity index (χ1) is 6.25. The summed E-state index contributed by atoms with van der Waals surface area (Å²) in [5, 5.41) is 15.0. The number of rotatable bonds is 3. The van der Waals surface area contributed by atoms with Crippen molar-refractivity contribution in [1.82, 2.24) is 10.6 Å². The maximum atomic E-state index is 11.3. The van der Waals surface area contributed by atoms with Crippen molar-refractivity contribution in [2.45, 2.75) is 18.9 Å². The van der Waals surface area contributed by atoms with E-state index in [0.29, 0.717) is 5.92 Å². The molecule has 4 heteroatoms. The van der Waals surface area contributed by atoms with Crippen LogP contribution < -0.4 is 10.6 Å². The molecule has 74 valence electrons. The number of carbonyl (C=O) groups excluding carboxylic acids is 1. The third-order valence-corrected chi connectivity index (χ3v) is 2.93. The van der Waals surface area contributed by atoms with Gasteiger partial charge in [0.1, 0.15) is 0 Å². The molecule has 0 aromatic heterocycles. The first kappa shape index (κ1) is 8.97. The van der Waals surface area contributed by atoms with E-state index >= 15 is 0 Å². The molecule has 0 bridgehead atoms. The second-order valence-corrected chi connectivity index (χ2v) is 4.09. The lowest BCUT2D eigenvalue weighted by atomic mass is 9.82. The summed E-state index contributed by atoms with van der Waals surface area (Å²) in [6, 6.07) is 0. The summed E-state index contributed by atoms with van der Waals surface area (Å²) in [4.78, 5) is 11.3. The van der Waals surface area contributed by atoms with Gasteiger partial charge in [0.05, 0.1) is 12.0 Å². The SMILES string of the molecule is O=C(NCC1CC(O)C1)C1CNC1. The lowest BCUT2D eigenvalue weighted by molar-refractivity contribution is -0.127. The van der Waals surface area contributed by atoms with E-state index in [2.05, 4.69) is 10.6 Å². The molecule has 1 aliphatic heterocycles. The molecule has 4 nitrogen and oxygen atoms in total. The van der Waals surface area contributed by atoms with Crippen LogP contribution >= 0.6 is 0 Å². The minimum Gasteiger partial charge on any atom is -0.393 e. The molecule has 2 aliphatic rings. The van der Waals surface area contributed by atoms with Crippen LogP contribution in [-0.4, -0.2) is 36.8 Å². The fourth-order valence-corrected chi connectivity index (χ4v) is 1.73. The van der Waals surface area contributed by atoms with E-state index in [4.69, 9.17) is 5.11 Å². The summed E-state index contributed by atoms with van der Waals surface area (Å²) in [5.74, 6) is 0.858. The van der Waals surface area contributed by atoms with Gasteiger partial charge >= 0.3 is 0 Å². The number of aliphatic hydroxyl groups is 1. The van der Waals surface area contributed by atoms with E-state index in [1.165, 1.54) is 0 Å². The van der Waals surface area contributed by atoms with Crippen molar-refractivity contribution < 1.29 is 9.90 Å². The Kier molecular flexibility index (Phi) is 2.51. The highest BCUT2D eigenvalue weighted by molar-refractivity contribution is 5.79. The van der Waals surface area contributed by atoms with Crippen LogP contribution in [0.25, 0.3) is 0 Å². The second kappa shape index (κ2) is 3.64. The van der Waals surface area contributed by atoms with Gasteiger partial charge in [-0.15, -0.1) is 0 Å². The number of carbonyl (C=O) groups is 1. The van der Waals surface area contributed by atoms with E-state index in [9.17, 15) is 4.79 Å². The Balaban J connectivity index is 1.59. The van der Waals surface area contributed by atoms with Crippen molar-refractivity contribution in [3.05, 3.63) is 0 Å². The Labute approximate surface area is 77.7 Å². The van der Waals surface area contributed by atoms with E-state index in [0.717, 1.165) is 32.5 Å². The highest BCUT2D eigenvalue weighted by Crippen LogP contribution is 2.26. The molecule has 2 rings (SSSR count). The predicted molar refractivity (Wildman–Crippen MR) is 48.1 cm³/mol. The number of nitrogens with one attached hydrogen (secondary N) is 2. The van der Waals surface area contributed by atoms with Crippen LogP contribution in [0.1, 0.15) is 12.8 Å². The Morgan fingerprint density at radius 1 is 1.46 bits per heavy atom. The van der Waals surface area contributed by atoms with Gasteiger partial charge in [-0.3, -0.25) is 4.79 Å². The summed E-state index contributed by atoms with van der Waals surface area (Å²) >= 11 is 0. The van der Waals surface area contributed by atoms with E-state index in [1.807, 2.05) is 0 Å². The molecule has 0 radical (unpaired) electrons. The van der Waals surface area contributed by atoms with Gasteiger partial charge in [-0.25, -0.2) is 0 Å². The molecule has 2 fully saturated rings. The average Bonchev–Trinajstić information content (AvgIpc) is 1.92. The van der Waals surface area contributed by atoms with Crippen LogP contribution in [0.4, 0.5) is 0 Å². The fraction of sp³-hybridized carbons (Fsp3) is 0.889. The minimum absolute atomic E-state index is 0.118. The Hall–Kier alpha value is -0.610. The molecule has 1 aliphatic carbocycles. The van der Waals surface area contributed by atoms with Gasteiger partial charge in [-0.2, -0.15) is 0 Å². The van der Waals surface area contributed by atoms with Gasteiger partial charge in [0.2, 0.25) is 5.91 Å². The Morgan fingerprint density at radius 3 is 2.62 bits per heavy atom. The number of amides is 1. The van der Waals surface area contributed by atoms with Gasteiger partial charge in [-0.1, -0.05) is 0 Å². The predicted octanol–water partition coefficient (Wildman–Crippen LogP) is -0.907. The lowest BCUT2D eigenvalue weighted by Gasteiger charge is -2.33. The molecule has 3 N–H and O–H groups in total. The molecule has 0 aromatic rings.